The molecule has 0 aliphatic carbocycles. The number of nitrogens with one attached hydrogen (secondary N) is 4. The Labute approximate surface area is 452 Å². The van der Waals surface area contributed by atoms with Gasteiger partial charge in [-0.2, -0.15) is 0 Å². The second kappa shape index (κ2) is 23.1. The van der Waals surface area contributed by atoms with Crippen LogP contribution >= 0.6 is 69.6 Å². The minimum atomic E-state index is -1.14. The highest BCUT2D eigenvalue weighted by molar-refractivity contribution is 6.41. The van der Waals surface area contributed by atoms with E-state index in [4.69, 9.17) is 79.1 Å². The molecule has 0 amide bonds. The number of H-pyrrole nitrogens is 2. The molecule has 2 heterocycles. The van der Waals surface area contributed by atoms with Gasteiger partial charge in [0.1, 0.15) is 34.5 Å². The molecule has 0 saturated heterocycles. The van der Waals surface area contributed by atoms with Crippen LogP contribution in [0.15, 0.2) is 94.5 Å². The van der Waals surface area contributed by atoms with Crippen LogP contribution in [-0.4, -0.2) is 33.8 Å². The van der Waals surface area contributed by atoms with Crippen LogP contribution in [0.3, 0.4) is 0 Å². The van der Waals surface area contributed by atoms with Crippen molar-refractivity contribution in [1.29, 1.82) is 0 Å². The fourth-order valence-corrected chi connectivity index (χ4v) is 11.3. The van der Waals surface area contributed by atoms with E-state index in [2.05, 4.69) is 74.5 Å². The van der Waals surface area contributed by atoms with Gasteiger partial charge in [0.2, 0.25) is 0 Å². The number of methoxy groups -OCH3 is 2. The van der Waals surface area contributed by atoms with Gasteiger partial charge in [-0.25, -0.2) is 9.36 Å². The Bertz CT molecular complexity index is 2950. The van der Waals surface area contributed by atoms with Crippen molar-refractivity contribution in [2.45, 2.75) is 117 Å². The van der Waals surface area contributed by atoms with Gasteiger partial charge in [-0.15, -0.1) is 0 Å². The maximum atomic E-state index is 15.8. The summed E-state index contributed by atoms with van der Waals surface area (Å²) in [5.74, 6) is 0.335. The molecule has 0 saturated carbocycles. The van der Waals surface area contributed by atoms with Gasteiger partial charge >= 0.3 is 0 Å². The third kappa shape index (κ3) is 11.7. The highest BCUT2D eigenvalue weighted by Crippen LogP contribution is 2.44. The molecule has 0 radical (unpaired) electrons. The number of hydrogen-bond acceptors (Lipinski definition) is 6. The van der Waals surface area contributed by atoms with Gasteiger partial charge in [0, 0.05) is 10.0 Å². The van der Waals surface area contributed by atoms with Crippen LogP contribution in [0.2, 0.25) is 30.1 Å². The van der Waals surface area contributed by atoms with E-state index in [0.717, 1.165) is 68.1 Å². The van der Waals surface area contributed by atoms with Crippen molar-refractivity contribution in [3.8, 4) is 22.9 Å². The quantitative estimate of drug-likeness (QED) is 0.0533. The van der Waals surface area contributed by atoms with Gasteiger partial charge in [-0.05, 0) is 95.8 Å². The SMILES string of the molecule is CCCCCC(C)(C)c1ccc(OC)c(Nc2[nH]n(-c3c(Cl)cc(Cl)cc3Cl)c(=O)c2C(c2ccc(C)cc2)c2c(Nc3cc(C(C)(C)CCCCC)ccc3OC)[nH]n(-c3c(Cl)cc(Cl)cc3Cl)c2=O)c1. The first kappa shape index (κ1) is 54.8. The lowest BCUT2D eigenvalue weighted by molar-refractivity contribution is 0.414. The van der Waals surface area contributed by atoms with Crippen LogP contribution < -0.4 is 31.2 Å². The average molecular weight is 1100 g/mol. The van der Waals surface area contributed by atoms with Crippen molar-refractivity contribution >= 4 is 92.6 Å². The highest BCUT2D eigenvalue weighted by atomic mass is 35.5. The van der Waals surface area contributed by atoms with Crippen molar-refractivity contribution in [3.63, 3.8) is 0 Å². The number of halogens is 6. The van der Waals surface area contributed by atoms with E-state index in [1.807, 2.05) is 55.5 Å². The molecule has 16 heteroatoms. The van der Waals surface area contributed by atoms with E-state index in [1.165, 1.54) is 33.6 Å². The zero-order valence-electron chi connectivity index (χ0n) is 42.1. The second-order valence-corrected chi connectivity index (χ2v) is 22.1. The first-order valence-electron chi connectivity index (χ1n) is 24.2. The minimum Gasteiger partial charge on any atom is -0.495 e. The highest BCUT2D eigenvalue weighted by Gasteiger charge is 2.36. The van der Waals surface area contributed by atoms with Crippen LogP contribution in [0.25, 0.3) is 11.4 Å². The Morgan fingerprint density at radius 1 is 0.556 bits per heavy atom. The number of aryl methyl sites for hydroxylation is 1. The molecule has 5 aromatic carbocycles. The molecule has 4 N–H and O–H groups in total. The molecule has 0 atom stereocenters. The number of ether oxygens (including phenoxy) is 2. The molecule has 0 spiro atoms. The summed E-state index contributed by atoms with van der Waals surface area (Å²) in [4.78, 5) is 31.6. The summed E-state index contributed by atoms with van der Waals surface area (Å²) in [5.41, 5.74) is 3.80. The van der Waals surface area contributed by atoms with E-state index in [-0.39, 0.29) is 75.1 Å². The van der Waals surface area contributed by atoms with Crippen molar-refractivity contribution < 1.29 is 9.47 Å². The van der Waals surface area contributed by atoms with E-state index in [1.54, 1.807) is 14.2 Å². The lowest BCUT2D eigenvalue weighted by atomic mass is 9.80. The first-order valence-corrected chi connectivity index (χ1v) is 26.5. The number of aromatic nitrogens is 4. The Hall–Kier alpha value is -4.94. The number of nitrogens with zero attached hydrogens (tertiary/aromatic N) is 2. The van der Waals surface area contributed by atoms with Crippen molar-refractivity contribution in [2.75, 3.05) is 24.9 Å². The molecule has 10 nitrogen and oxygen atoms in total. The van der Waals surface area contributed by atoms with E-state index >= 15 is 9.59 Å². The third-order valence-electron chi connectivity index (χ3n) is 13.5. The third-order valence-corrected chi connectivity index (χ3v) is 15.1. The molecule has 7 rings (SSSR count). The summed E-state index contributed by atoms with van der Waals surface area (Å²) < 4.78 is 14.5. The molecular formula is C56H62Cl6N6O4. The number of anilines is 4. The first-order chi connectivity index (χ1) is 34.2. The maximum Gasteiger partial charge on any atom is 0.277 e. The standard InChI is InChI=1S/C56H62Cl6N6O4/c1-10-12-14-24-55(4,5)34-20-22-44(71-8)42(26-34)63-51-47(53(69)67(65-51)49-38(59)28-36(57)29-39(49)60)46(33-18-16-32(3)17-19-33)48-52(66-68(54(48)70)50-40(61)30-37(58)31-41(50)62)64-43-27-35(21-23-45(43)72-9)56(6,7)25-15-13-11-2/h16-23,26-31,46,63-66H,10-15,24-25H2,1-9H3. The molecule has 7 aromatic rings. The van der Waals surface area contributed by atoms with Gasteiger partial charge < -0.3 is 20.1 Å². The molecule has 0 fully saturated rings. The summed E-state index contributed by atoms with van der Waals surface area (Å²) in [6.45, 7) is 15.2. The number of aromatic amines is 2. The van der Waals surface area contributed by atoms with Crippen LogP contribution in [0.1, 0.15) is 132 Å². The normalized spacial score (nSPS) is 11.9. The van der Waals surface area contributed by atoms with Gasteiger partial charge in [0.25, 0.3) is 11.1 Å². The number of rotatable bonds is 21. The fourth-order valence-electron chi connectivity index (χ4n) is 9.32. The van der Waals surface area contributed by atoms with Crippen molar-refractivity contribution in [3.05, 3.63) is 169 Å². The van der Waals surface area contributed by atoms with Gasteiger partial charge in [-0.1, -0.05) is 192 Å². The van der Waals surface area contributed by atoms with Gasteiger partial charge in [-0.3, -0.25) is 19.8 Å². The van der Waals surface area contributed by atoms with Crippen LogP contribution in [0.5, 0.6) is 11.5 Å². The molecule has 72 heavy (non-hydrogen) atoms. The summed E-state index contributed by atoms with van der Waals surface area (Å²) in [6, 6.07) is 25.7. The van der Waals surface area contributed by atoms with Crippen LogP contribution in [0.4, 0.5) is 23.0 Å². The van der Waals surface area contributed by atoms with Gasteiger partial charge in [0.15, 0.2) is 0 Å². The number of hydrogen-bond donors (Lipinski definition) is 4. The molecule has 2 aromatic heterocycles. The zero-order chi connectivity index (χ0) is 52.2. The number of unbranched alkanes of at least 4 members (excludes halogenated alkanes) is 4. The zero-order valence-corrected chi connectivity index (χ0v) is 46.6. The summed E-state index contributed by atoms with van der Waals surface area (Å²) >= 11 is 40.6. The predicted molar refractivity (Wildman–Crippen MR) is 302 cm³/mol. The van der Waals surface area contributed by atoms with Crippen molar-refractivity contribution in [2.24, 2.45) is 0 Å². The molecule has 382 valence electrons. The maximum absolute atomic E-state index is 15.8. The molecule has 0 bridgehead atoms. The predicted octanol–water partition coefficient (Wildman–Crippen LogP) is 17.3. The molecule has 0 unspecified atom stereocenters. The summed E-state index contributed by atoms with van der Waals surface area (Å²) in [7, 11) is 3.18. The van der Waals surface area contributed by atoms with Crippen LogP contribution in [0, 0.1) is 6.92 Å². The molecule has 0 aliphatic heterocycles. The topological polar surface area (TPSA) is 118 Å². The Morgan fingerprint density at radius 2 is 0.931 bits per heavy atom. The monoisotopic (exact) mass is 1090 g/mol. The van der Waals surface area contributed by atoms with E-state index in [9.17, 15) is 0 Å². The van der Waals surface area contributed by atoms with Crippen molar-refractivity contribution in [1.82, 2.24) is 19.6 Å². The average Bonchev–Trinajstić information content (AvgIpc) is 3.79. The summed E-state index contributed by atoms with van der Waals surface area (Å²) in [6.07, 6.45) is 8.45. The Morgan fingerprint density at radius 3 is 1.28 bits per heavy atom. The smallest absolute Gasteiger partial charge is 0.277 e. The largest absolute Gasteiger partial charge is 0.495 e. The van der Waals surface area contributed by atoms with Gasteiger partial charge in [0.05, 0.1) is 62.7 Å². The minimum absolute atomic E-state index is 0.109. The van der Waals surface area contributed by atoms with E-state index in [0.29, 0.717) is 28.4 Å². The lowest BCUT2D eigenvalue weighted by Gasteiger charge is -2.27. The number of benzene rings is 5. The lowest BCUT2D eigenvalue weighted by Crippen LogP contribution is -2.26. The molecule has 0 aliphatic rings. The Balaban J connectivity index is 1.57. The van der Waals surface area contributed by atoms with Crippen LogP contribution in [-0.2, 0) is 10.8 Å². The second-order valence-electron chi connectivity index (χ2n) is 19.6. The molecular weight excluding hydrogens is 1030 g/mol. The fraction of sp³-hybridized carbons (Fsp3) is 0.357. The summed E-state index contributed by atoms with van der Waals surface area (Å²) in [5, 5.41) is 14.8. The Kier molecular flexibility index (Phi) is 17.6. The van der Waals surface area contributed by atoms with E-state index < -0.39 is 17.0 Å².